The van der Waals surface area contributed by atoms with Crippen LogP contribution in [0.2, 0.25) is 0 Å². The first kappa shape index (κ1) is 14.2. The predicted molar refractivity (Wildman–Crippen MR) is 66.8 cm³/mol. The quantitative estimate of drug-likeness (QED) is 0.615. The van der Waals surface area contributed by atoms with E-state index in [1.807, 2.05) is 6.92 Å². The molecule has 4 heteroatoms. The molecule has 98 valence electrons. The summed E-state index contributed by atoms with van der Waals surface area (Å²) in [5.74, 6) is 0.0570. The van der Waals surface area contributed by atoms with Crippen molar-refractivity contribution in [1.82, 2.24) is 5.32 Å². The molecule has 0 spiro atoms. The van der Waals surface area contributed by atoms with E-state index in [9.17, 15) is 9.90 Å². The molecule has 1 rings (SSSR count). The van der Waals surface area contributed by atoms with Crippen molar-refractivity contribution in [3.05, 3.63) is 11.6 Å². The molecule has 2 unspecified atom stereocenters. The number of aliphatic carboxylic acids is 1. The van der Waals surface area contributed by atoms with E-state index in [4.69, 9.17) is 5.11 Å². The molecule has 0 radical (unpaired) electrons. The Morgan fingerprint density at radius 2 is 2.00 bits per heavy atom. The Morgan fingerprint density at radius 1 is 1.35 bits per heavy atom. The second-order valence-electron chi connectivity index (χ2n) is 4.95. The number of aliphatic hydroxyl groups excluding tert-OH is 1. The van der Waals surface area contributed by atoms with Crippen LogP contribution in [0, 0.1) is 11.8 Å². The molecule has 0 heterocycles. The molecule has 2 atom stereocenters. The first-order chi connectivity index (χ1) is 8.13. The molecular weight excluding hydrogens is 218 g/mol. The Bertz CT molecular complexity index is 276. The number of aliphatic hydroxyl groups is 1. The molecule has 1 fully saturated rings. The molecule has 1 saturated carbocycles. The van der Waals surface area contributed by atoms with Crippen molar-refractivity contribution in [2.24, 2.45) is 11.8 Å². The van der Waals surface area contributed by atoms with E-state index < -0.39 is 5.97 Å². The molecular formula is C13H23NO3. The maximum absolute atomic E-state index is 10.4. The highest BCUT2D eigenvalue weighted by molar-refractivity contribution is 5.80. The fourth-order valence-electron chi connectivity index (χ4n) is 2.51. The third-order valence-electron chi connectivity index (χ3n) is 3.48. The number of hydrogen-bond donors (Lipinski definition) is 3. The minimum atomic E-state index is -0.893. The summed E-state index contributed by atoms with van der Waals surface area (Å²) in [6.45, 7) is 3.57. The average Bonchev–Trinajstić information content (AvgIpc) is 2.28. The molecule has 1 aliphatic rings. The molecule has 3 N–H and O–H groups in total. The van der Waals surface area contributed by atoms with E-state index in [0.717, 1.165) is 18.5 Å². The smallest absolute Gasteiger partial charge is 0.328 e. The van der Waals surface area contributed by atoms with Crippen LogP contribution in [0.5, 0.6) is 0 Å². The summed E-state index contributed by atoms with van der Waals surface area (Å²) >= 11 is 0. The standard InChI is InChI=1S/C13H23NO3/c1-10(6-13(16)17)7-14-8-11-4-2-3-5-12(11)9-15/h6,11-12,14-15H,2-5,7-9H2,1H3,(H,16,17). The van der Waals surface area contributed by atoms with Gasteiger partial charge in [-0.3, -0.25) is 0 Å². The zero-order chi connectivity index (χ0) is 12.7. The lowest BCUT2D eigenvalue weighted by molar-refractivity contribution is -0.131. The van der Waals surface area contributed by atoms with Gasteiger partial charge in [-0.2, -0.15) is 0 Å². The molecule has 0 aliphatic heterocycles. The zero-order valence-corrected chi connectivity index (χ0v) is 10.5. The third-order valence-corrected chi connectivity index (χ3v) is 3.48. The van der Waals surface area contributed by atoms with Crippen molar-refractivity contribution in [3.8, 4) is 0 Å². The topological polar surface area (TPSA) is 69.6 Å². The maximum Gasteiger partial charge on any atom is 0.328 e. The molecule has 4 nitrogen and oxygen atoms in total. The highest BCUT2D eigenvalue weighted by Crippen LogP contribution is 2.28. The van der Waals surface area contributed by atoms with Crippen molar-refractivity contribution in [2.75, 3.05) is 19.7 Å². The number of carboxylic acid groups (broad SMARTS) is 1. The van der Waals surface area contributed by atoms with Gasteiger partial charge in [0.2, 0.25) is 0 Å². The van der Waals surface area contributed by atoms with Crippen molar-refractivity contribution in [3.63, 3.8) is 0 Å². The SMILES string of the molecule is CC(=CC(=O)O)CNCC1CCCCC1CO. The lowest BCUT2D eigenvalue weighted by Gasteiger charge is -2.30. The second-order valence-corrected chi connectivity index (χ2v) is 4.95. The van der Waals surface area contributed by atoms with Crippen LogP contribution in [0.1, 0.15) is 32.6 Å². The summed E-state index contributed by atoms with van der Waals surface area (Å²) < 4.78 is 0. The van der Waals surface area contributed by atoms with E-state index in [1.165, 1.54) is 25.3 Å². The lowest BCUT2D eigenvalue weighted by atomic mass is 9.79. The first-order valence-corrected chi connectivity index (χ1v) is 6.35. The van der Waals surface area contributed by atoms with Crippen molar-refractivity contribution >= 4 is 5.97 Å². The van der Waals surface area contributed by atoms with E-state index in [-0.39, 0.29) is 6.61 Å². The second kappa shape index (κ2) is 7.45. The van der Waals surface area contributed by atoms with Crippen LogP contribution >= 0.6 is 0 Å². The van der Waals surface area contributed by atoms with E-state index >= 15 is 0 Å². The summed E-state index contributed by atoms with van der Waals surface area (Å²) in [6.07, 6.45) is 5.98. The lowest BCUT2D eigenvalue weighted by Crippen LogP contribution is -2.33. The third kappa shape index (κ3) is 5.33. The zero-order valence-electron chi connectivity index (χ0n) is 10.5. The van der Waals surface area contributed by atoms with Gasteiger partial charge in [-0.25, -0.2) is 4.79 Å². The van der Waals surface area contributed by atoms with Gasteiger partial charge in [-0.15, -0.1) is 0 Å². The minimum absolute atomic E-state index is 0.274. The van der Waals surface area contributed by atoms with Crippen LogP contribution in [-0.2, 0) is 4.79 Å². The monoisotopic (exact) mass is 241 g/mol. The van der Waals surface area contributed by atoms with Crippen LogP contribution in [0.3, 0.4) is 0 Å². The Hall–Kier alpha value is -0.870. The van der Waals surface area contributed by atoms with E-state index in [1.54, 1.807) is 0 Å². The van der Waals surface area contributed by atoms with Gasteiger partial charge in [0.05, 0.1) is 0 Å². The molecule has 0 saturated heterocycles. The first-order valence-electron chi connectivity index (χ1n) is 6.35. The molecule has 0 aromatic carbocycles. The Kier molecular flexibility index (Phi) is 6.22. The Balaban J connectivity index is 2.27. The van der Waals surface area contributed by atoms with Crippen LogP contribution in [-0.4, -0.2) is 35.9 Å². The fraction of sp³-hybridized carbons (Fsp3) is 0.769. The van der Waals surface area contributed by atoms with Gasteiger partial charge in [0.15, 0.2) is 0 Å². The van der Waals surface area contributed by atoms with Gasteiger partial charge in [0.25, 0.3) is 0 Å². The largest absolute Gasteiger partial charge is 0.478 e. The van der Waals surface area contributed by atoms with Crippen molar-refractivity contribution < 1.29 is 15.0 Å². The van der Waals surface area contributed by atoms with Crippen molar-refractivity contribution in [2.45, 2.75) is 32.6 Å². The van der Waals surface area contributed by atoms with Gasteiger partial charge in [0, 0.05) is 19.2 Å². The molecule has 0 aromatic rings. The highest BCUT2D eigenvalue weighted by atomic mass is 16.4. The average molecular weight is 241 g/mol. The van der Waals surface area contributed by atoms with Gasteiger partial charge in [0.1, 0.15) is 0 Å². The number of nitrogens with one attached hydrogen (secondary N) is 1. The van der Waals surface area contributed by atoms with Crippen LogP contribution in [0.15, 0.2) is 11.6 Å². The fourth-order valence-corrected chi connectivity index (χ4v) is 2.51. The number of carbonyl (C=O) groups is 1. The molecule has 0 bridgehead atoms. The van der Waals surface area contributed by atoms with Gasteiger partial charge >= 0.3 is 5.97 Å². The summed E-state index contributed by atoms with van der Waals surface area (Å²) in [5.41, 5.74) is 0.828. The van der Waals surface area contributed by atoms with Gasteiger partial charge < -0.3 is 15.5 Å². The summed E-state index contributed by atoms with van der Waals surface area (Å²) in [4.78, 5) is 10.4. The van der Waals surface area contributed by atoms with E-state index in [2.05, 4.69) is 5.32 Å². The van der Waals surface area contributed by atoms with Gasteiger partial charge in [-0.1, -0.05) is 18.4 Å². The molecule has 17 heavy (non-hydrogen) atoms. The summed E-state index contributed by atoms with van der Waals surface area (Å²) in [5, 5.41) is 21.1. The van der Waals surface area contributed by atoms with Crippen LogP contribution in [0.4, 0.5) is 0 Å². The predicted octanol–water partition coefficient (Wildman–Crippen LogP) is 1.41. The summed E-state index contributed by atoms with van der Waals surface area (Å²) in [6, 6.07) is 0. The molecule has 0 amide bonds. The van der Waals surface area contributed by atoms with Crippen LogP contribution < -0.4 is 5.32 Å². The van der Waals surface area contributed by atoms with Gasteiger partial charge in [-0.05, 0) is 38.1 Å². The number of rotatable bonds is 6. The maximum atomic E-state index is 10.4. The minimum Gasteiger partial charge on any atom is -0.478 e. The van der Waals surface area contributed by atoms with Crippen molar-refractivity contribution in [1.29, 1.82) is 0 Å². The molecule has 0 aromatic heterocycles. The number of carboxylic acids is 1. The number of hydrogen-bond acceptors (Lipinski definition) is 3. The normalized spacial score (nSPS) is 25.9. The summed E-state index contributed by atoms with van der Waals surface area (Å²) in [7, 11) is 0. The Morgan fingerprint density at radius 3 is 2.59 bits per heavy atom. The van der Waals surface area contributed by atoms with E-state index in [0.29, 0.717) is 18.4 Å². The Labute approximate surface area is 103 Å². The van der Waals surface area contributed by atoms with Crippen LogP contribution in [0.25, 0.3) is 0 Å². The highest BCUT2D eigenvalue weighted by Gasteiger charge is 2.23. The molecule has 1 aliphatic carbocycles.